The molecule has 0 fully saturated rings. The standard InChI is InChI=1S/C17H19N5O3S/c1-20-13(10-14(23)21(2)17(20)25)11-26-16-19-18-15(24)22(16)9-8-12-6-4-3-5-7-12/h3-7,10H,8-9,11H2,1-2H3,(H,18,24). The summed E-state index contributed by atoms with van der Waals surface area (Å²) in [6, 6.07) is 11.3. The molecule has 3 aromatic rings. The van der Waals surface area contributed by atoms with Crippen molar-refractivity contribution < 1.29 is 0 Å². The van der Waals surface area contributed by atoms with Crippen LogP contribution in [0.4, 0.5) is 0 Å². The first-order valence-electron chi connectivity index (χ1n) is 8.05. The lowest BCUT2D eigenvalue weighted by Gasteiger charge is -2.09. The number of aromatic amines is 1. The summed E-state index contributed by atoms with van der Waals surface area (Å²) in [6.45, 7) is 0.497. The smallest absolute Gasteiger partial charge is 0.300 e. The van der Waals surface area contributed by atoms with Crippen LogP contribution in [-0.2, 0) is 32.8 Å². The molecule has 0 aliphatic heterocycles. The zero-order valence-corrected chi connectivity index (χ0v) is 15.3. The molecule has 8 nitrogen and oxygen atoms in total. The molecule has 0 saturated heterocycles. The number of thioether (sulfide) groups is 1. The van der Waals surface area contributed by atoms with Gasteiger partial charge in [0.15, 0.2) is 5.16 Å². The highest BCUT2D eigenvalue weighted by Crippen LogP contribution is 2.18. The van der Waals surface area contributed by atoms with Gasteiger partial charge in [-0.25, -0.2) is 14.7 Å². The van der Waals surface area contributed by atoms with E-state index in [4.69, 9.17) is 0 Å². The van der Waals surface area contributed by atoms with Gasteiger partial charge in [-0.05, 0) is 12.0 Å². The number of nitrogens with zero attached hydrogens (tertiary/aromatic N) is 4. The molecule has 0 amide bonds. The van der Waals surface area contributed by atoms with Gasteiger partial charge in [-0.15, -0.1) is 5.10 Å². The van der Waals surface area contributed by atoms with E-state index in [1.54, 1.807) is 11.6 Å². The van der Waals surface area contributed by atoms with Crippen molar-refractivity contribution in [1.82, 2.24) is 23.9 Å². The Hall–Kier alpha value is -2.81. The molecule has 0 saturated carbocycles. The fourth-order valence-corrected chi connectivity index (χ4v) is 3.55. The van der Waals surface area contributed by atoms with Crippen molar-refractivity contribution in [2.24, 2.45) is 14.1 Å². The molecule has 2 heterocycles. The van der Waals surface area contributed by atoms with Gasteiger partial charge >= 0.3 is 11.4 Å². The third-order valence-corrected chi connectivity index (χ3v) is 5.17. The second-order valence-corrected chi connectivity index (χ2v) is 6.80. The molecular formula is C17H19N5O3S. The Kier molecular flexibility index (Phi) is 5.27. The van der Waals surface area contributed by atoms with Crippen LogP contribution in [0.15, 0.2) is 55.9 Å². The maximum absolute atomic E-state index is 12.0. The molecule has 0 spiro atoms. The van der Waals surface area contributed by atoms with Gasteiger partial charge in [-0.2, -0.15) is 0 Å². The fourth-order valence-electron chi connectivity index (χ4n) is 2.55. The van der Waals surface area contributed by atoms with Gasteiger partial charge in [0.2, 0.25) is 0 Å². The topological polar surface area (TPSA) is 94.7 Å². The van der Waals surface area contributed by atoms with E-state index in [1.807, 2.05) is 30.3 Å². The summed E-state index contributed by atoms with van der Waals surface area (Å²) >= 11 is 1.31. The van der Waals surface area contributed by atoms with Gasteiger partial charge in [0.25, 0.3) is 5.56 Å². The van der Waals surface area contributed by atoms with Gasteiger partial charge < -0.3 is 0 Å². The second kappa shape index (κ2) is 7.61. The summed E-state index contributed by atoms with van der Waals surface area (Å²) in [5.41, 5.74) is 0.698. The highest BCUT2D eigenvalue weighted by molar-refractivity contribution is 7.98. The predicted molar refractivity (Wildman–Crippen MR) is 99.5 cm³/mol. The SMILES string of the molecule is Cn1c(CSc2n[nH]c(=O)n2CCc2ccccc2)cc(=O)n(C)c1=O. The third-order valence-electron chi connectivity index (χ3n) is 4.16. The number of benzene rings is 1. The van der Waals surface area contributed by atoms with Gasteiger partial charge in [0.05, 0.1) is 0 Å². The number of H-pyrrole nitrogens is 1. The molecule has 26 heavy (non-hydrogen) atoms. The van der Waals surface area contributed by atoms with E-state index in [0.717, 1.165) is 10.1 Å². The van der Waals surface area contributed by atoms with Crippen molar-refractivity contribution >= 4 is 11.8 Å². The highest BCUT2D eigenvalue weighted by Gasteiger charge is 2.12. The Morgan fingerprint density at radius 3 is 2.54 bits per heavy atom. The lowest BCUT2D eigenvalue weighted by molar-refractivity contribution is 0.615. The highest BCUT2D eigenvalue weighted by atomic mass is 32.2. The van der Waals surface area contributed by atoms with Crippen LogP contribution in [-0.4, -0.2) is 23.9 Å². The monoisotopic (exact) mass is 373 g/mol. The normalized spacial score (nSPS) is 11.0. The van der Waals surface area contributed by atoms with Crippen molar-refractivity contribution in [2.75, 3.05) is 0 Å². The first kappa shape index (κ1) is 18.0. The first-order valence-corrected chi connectivity index (χ1v) is 9.04. The largest absolute Gasteiger partial charge is 0.343 e. The summed E-state index contributed by atoms with van der Waals surface area (Å²) in [6.07, 6.45) is 0.707. The van der Waals surface area contributed by atoms with E-state index in [2.05, 4.69) is 10.2 Å². The molecule has 9 heteroatoms. The fraction of sp³-hybridized carbons (Fsp3) is 0.294. The van der Waals surface area contributed by atoms with Gasteiger partial charge in [-0.3, -0.25) is 18.5 Å². The van der Waals surface area contributed by atoms with Crippen LogP contribution in [0.5, 0.6) is 0 Å². The minimum absolute atomic E-state index is 0.277. The van der Waals surface area contributed by atoms with E-state index in [-0.39, 0.29) is 16.9 Å². The maximum Gasteiger partial charge on any atom is 0.343 e. The lowest BCUT2D eigenvalue weighted by atomic mass is 10.1. The Morgan fingerprint density at radius 1 is 1.08 bits per heavy atom. The molecule has 0 bridgehead atoms. The second-order valence-electron chi connectivity index (χ2n) is 5.86. The van der Waals surface area contributed by atoms with E-state index < -0.39 is 0 Å². The summed E-state index contributed by atoms with van der Waals surface area (Å²) < 4.78 is 4.04. The van der Waals surface area contributed by atoms with Crippen LogP contribution in [0.3, 0.4) is 0 Å². The van der Waals surface area contributed by atoms with Crippen LogP contribution in [0.2, 0.25) is 0 Å². The molecular weight excluding hydrogens is 354 g/mol. The quantitative estimate of drug-likeness (QED) is 0.635. The Morgan fingerprint density at radius 2 is 1.81 bits per heavy atom. The molecule has 136 valence electrons. The van der Waals surface area contributed by atoms with Crippen molar-refractivity contribution in [1.29, 1.82) is 0 Å². The Labute approximate surface area is 153 Å². The maximum atomic E-state index is 12.0. The van der Waals surface area contributed by atoms with Crippen molar-refractivity contribution in [2.45, 2.75) is 23.9 Å². The average Bonchev–Trinajstić information content (AvgIpc) is 3.00. The molecule has 0 radical (unpaired) electrons. The summed E-state index contributed by atoms with van der Waals surface area (Å²) in [7, 11) is 3.06. The minimum atomic E-state index is -0.378. The molecule has 0 aliphatic rings. The van der Waals surface area contributed by atoms with Gasteiger partial charge in [0, 0.05) is 38.2 Å². The van der Waals surface area contributed by atoms with Crippen molar-refractivity contribution in [3.8, 4) is 0 Å². The molecule has 1 aromatic carbocycles. The number of aryl methyl sites for hydroxylation is 1. The van der Waals surface area contributed by atoms with Gasteiger partial charge in [-0.1, -0.05) is 42.1 Å². The molecule has 0 unspecified atom stereocenters. The average molecular weight is 373 g/mol. The van der Waals surface area contributed by atoms with E-state index in [9.17, 15) is 14.4 Å². The third kappa shape index (κ3) is 3.72. The van der Waals surface area contributed by atoms with E-state index in [0.29, 0.717) is 29.6 Å². The van der Waals surface area contributed by atoms with Gasteiger partial charge in [0.1, 0.15) is 0 Å². The first-order chi connectivity index (χ1) is 12.5. The van der Waals surface area contributed by atoms with Crippen molar-refractivity contribution in [3.05, 3.63) is 79.0 Å². The van der Waals surface area contributed by atoms with E-state index >= 15 is 0 Å². The number of aromatic nitrogens is 5. The summed E-state index contributed by atoms with van der Waals surface area (Å²) in [5, 5.41) is 7.04. The zero-order chi connectivity index (χ0) is 18.7. The minimum Gasteiger partial charge on any atom is -0.300 e. The molecule has 2 aromatic heterocycles. The molecule has 0 aliphatic carbocycles. The Balaban J connectivity index is 1.77. The Bertz CT molecular complexity index is 1080. The van der Waals surface area contributed by atoms with Crippen LogP contribution in [0.1, 0.15) is 11.3 Å². The number of hydrogen-bond donors (Lipinski definition) is 1. The summed E-state index contributed by atoms with van der Waals surface area (Å²) in [4.78, 5) is 35.8. The number of hydrogen-bond acceptors (Lipinski definition) is 5. The summed E-state index contributed by atoms with van der Waals surface area (Å²) in [5.74, 6) is 0.359. The zero-order valence-electron chi connectivity index (χ0n) is 14.5. The molecule has 1 N–H and O–H groups in total. The van der Waals surface area contributed by atoms with Crippen LogP contribution in [0.25, 0.3) is 0 Å². The van der Waals surface area contributed by atoms with Crippen LogP contribution in [0, 0.1) is 0 Å². The molecule has 0 atom stereocenters. The number of rotatable bonds is 6. The van der Waals surface area contributed by atoms with Crippen molar-refractivity contribution in [3.63, 3.8) is 0 Å². The molecule has 3 rings (SSSR count). The number of nitrogens with one attached hydrogen (secondary N) is 1. The van der Waals surface area contributed by atoms with E-state index in [1.165, 1.54) is 29.4 Å². The lowest BCUT2D eigenvalue weighted by Crippen LogP contribution is -2.37. The van der Waals surface area contributed by atoms with Crippen LogP contribution < -0.4 is 16.9 Å². The van der Waals surface area contributed by atoms with Crippen LogP contribution >= 0.6 is 11.8 Å². The predicted octanol–water partition coefficient (Wildman–Crippen LogP) is 0.504.